The Hall–Kier alpha value is -1.43. The molecule has 0 atom stereocenters. The number of nitro groups is 1. The van der Waals surface area contributed by atoms with Crippen LogP contribution in [0.25, 0.3) is 0 Å². The molecule has 1 aromatic rings. The van der Waals surface area contributed by atoms with E-state index in [1.54, 1.807) is 6.07 Å². The van der Waals surface area contributed by atoms with Gasteiger partial charge < -0.3 is 0 Å². The van der Waals surface area contributed by atoms with Crippen LogP contribution in [0.5, 0.6) is 0 Å². The summed E-state index contributed by atoms with van der Waals surface area (Å²) in [6.07, 6.45) is 7.56. The van der Waals surface area contributed by atoms with Gasteiger partial charge in [-0.05, 0) is 36.8 Å². The minimum atomic E-state index is -3.58. The number of sulfone groups is 1. The number of benzene rings is 1. The van der Waals surface area contributed by atoms with E-state index in [2.05, 4.69) is 0 Å². The molecule has 2 rings (SSSR count). The first-order valence-corrected chi connectivity index (χ1v) is 8.10. The van der Waals surface area contributed by atoms with E-state index in [0.717, 1.165) is 24.7 Å². The molecule has 0 spiro atoms. The lowest BCUT2D eigenvalue weighted by Gasteiger charge is -2.09. The van der Waals surface area contributed by atoms with Crippen molar-refractivity contribution in [2.75, 3.05) is 6.26 Å². The van der Waals surface area contributed by atoms with Crippen LogP contribution in [0.15, 0.2) is 23.1 Å². The van der Waals surface area contributed by atoms with Gasteiger partial charge in [-0.25, -0.2) is 8.42 Å². The maximum atomic E-state index is 11.5. The van der Waals surface area contributed by atoms with E-state index in [1.165, 1.54) is 25.0 Å². The van der Waals surface area contributed by atoms with E-state index in [1.807, 2.05) is 6.42 Å². The van der Waals surface area contributed by atoms with E-state index >= 15 is 0 Å². The first-order valence-electron chi connectivity index (χ1n) is 6.21. The van der Waals surface area contributed by atoms with Crippen molar-refractivity contribution in [3.05, 3.63) is 40.3 Å². The van der Waals surface area contributed by atoms with Gasteiger partial charge in [-0.3, -0.25) is 10.1 Å². The van der Waals surface area contributed by atoms with Gasteiger partial charge >= 0.3 is 0 Å². The molecular weight excluding hydrogens is 266 g/mol. The second kappa shape index (κ2) is 5.28. The highest BCUT2D eigenvalue weighted by atomic mass is 32.2. The Kier molecular flexibility index (Phi) is 3.89. The molecule has 5 nitrogen and oxygen atoms in total. The zero-order chi connectivity index (χ0) is 14.0. The third-order valence-electron chi connectivity index (χ3n) is 3.41. The average molecular weight is 282 g/mol. The van der Waals surface area contributed by atoms with Crippen molar-refractivity contribution in [2.24, 2.45) is 5.92 Å². The fourth-order valence-electron chi connectivity index (χ4n) is 2.49. The highest BCUT2D eigenvalue weighted by Crippen LogP contribution is 2.32. The highest BCUT2D eigenvalue weighted by Gasteiger charge is 2.23. The van der Waals surface area contributed by atoms with Crippen LogP contribution in [0.4, 0.5) is 5.69 Å². The van der Waals surface area contributed by atoms with E-state index in [9.17, 15) is 18.5 Å². The van der Waals surface area contributed by atoms with Gasteiger partial charge in [-0.1, -0.05) is 18.9 Å². The summed E-state index contributed by atoms with van der Waals surface area (Å²) in [4.78, 5) is 10.1. The largest absolute Gasteiger partial charge is 0.288 e. The molecule has 1 fully saturated rings. The lowest BCUT2D eigenvalue weighted by Crippen LogP contribution is -2.04. The van der Waals surface area contributed by atoms with Gasteiger partial charge in [0.25, 0.3) is 5.69 Å². The van der Waals surface area contributed by atoms with Gasteiger partial charge in [-0.15, -0.1) is 0 Å². The van der Waals surface area contributed by atoms with Gasteiger partial charge in [0.15, 0.2) is 9.84 Å². The second-order valence-corrected chi connectivity index (χ2v) is 6.95. The van der Waals surface area contributed by atoms with E-state index in [0.29, 0.717) is 5.92 Å². The van der Waals surface area contributed by atoms with E-state index < -0.39 is 14.8 Å². The monoisotopic (exact) mass is 282 g/mol. The summed E-state index contributed by atoms with van der Waals surface area (Å²) < 4.78 is 23.0. The van der Waals surface area contributed by atoms with Crippen LogP contribution in [0.2, 0.25) is 0 Å². The summed E-state index contributed by atoms with van der Waals surface area (Å²) in [5.41, 5.74) is 0.389. The minimum absolute atomic E-state index is 0.221. The van der Waals surface area contributed by atoms with Crippen molar-refractivity contribution in [1.29, 1.82) is 0 Å². The third-order valence-corrected chi connectivity index (χ3v) is 4.55. The van der Waals surface area contributed by atoms with Crippen LogP contribution in [0.3, 0.4) is 0 Å². The van der Waals surface area contributed by atoms with Gasteiger partial charge in [0.05, 0.1) is 4.92 Å². The first kappa shape index (κ1) is 14.0. The normalized spacial score (nSPS) is 16.7. The van der Waals surface area contributed by atoms with E-state index in [-0.39, 0.29) is 10.6 Å². The molecule has 103 valence electrons. The van der Waals surface area contributed by atoms with Crippen molar-refractivity contribution in [1.82, 2.24) is 0 Å². The Morgan fingerprint density at radius 2 is 1.95 bits per heavy atom. The molecule has 0 saturated heterocycles. The molecule has 0 aliphatic heterocycles. The van der Waals surface area contributed by atoms with Gasteiger partial charge in [-0.2, -0.15) is 0 Å². The van der Waals surface area contributed by atoms with Gasteiger partial charge in [0.1, 0.15) is 4.90 Å². The molecule has 1 radical (unpaired) electrons. The molecule has 0 heterocycles. The van der Waals surface area contributed by atoms with Crippen LogP contribution in [0.1, 0.15) is 31.2 Å². The molecule has 1 aliphatic rings. The average Bonchev–Trinajstić information content (AvgIpc) is 2.80. The molecule has 0 unspecified atom stereocenters. The number of hydrogen-bond acceptors (Lipinski definition) is 4. The van der Waals surface area contributed by atoms with Crippen molar-refractivity contribution in [3.63, 3.8) is 0 Å². The molecule has 6 heteroatoms. The minimum Gasteiger partial charge on any atom is -0.258 e. The molecule has 0 bridgehead atoms. The molecule has 0 aromatic heterocycles. The van der Waals surface area contributed by atoms with Crippen LogP contribution in [0, 0.1) is 22.5 Å². The predicted octanol–water partition coefficient (Wildman–Crippen LogP) is 2.74. The summed E-state index contributed by atoms with van der Waals surface area (Å²) in [5, 5.41) is 11.0. The number of nitro benzene ring substituents is 1. The Bertz CT molecular complexity index is 589. The zero-order valence-corrected chi connectivity index (χ0v) is 11.5. The van der Waals surface area contributed by atoms with E-state index in [4.69, 9.17) is 0 Å². The Morgan fingerprint density at radius 1 is 1.32 bits per heavy atom. The number of rotatable bonds is 4. The maximum Gasteiger partial charge on any atom is 0.288 e. The summed E-state index contributed by atoms with van der Waals surface area (Å²) in [7, 11) is -3.58. The number of hydrogen-bond donors (Lipinski definition) is 0. The predicted molar refractivity (Wildman–Crippen MR) is 71.6 cm³/mol. The van der Waals surface area contributed by atoms with Crippen molar-refractivity contribution in [2.45, 2.75) is 30.6 Å². The SMILES string of the molecule is CS(=O)(=O)c1ccc([CH]C2CCCC2)cc1[N+](=O)[O-]. The lowest BCUT2D eigenvalue weighted by molar-refractivity contribution is -0.387. The highest BCUT2D eigenvalue weighted by molar-refractivity contribution is 7.90. The van der Waals surface area contributed by atoms with Crippen LogP contribution >= 0.6 is 0 Å². The molecule has 1 saturated carbocycles. The fourth-order valence-corrected chi connectivity index (χ4v) is 3.32. The molecule has 19 heavy (non-hydrogen) atoms. The lowest BCUT2D eigenvalue weighted by atomic mass is 9.98. The molecule has 1 aromatic carbocycles. The molecule has 0 amide bonds. The van der Waals surface area contributed by atoms with Crippen LogP contribution in [-0.4, -0.2) is 19.6 Å². The first-order chi connectivity index (χ1) is 8.88. The van der Waals surface area contributed by atoms with Crippen LogP contribution < -0.4 is 0 Å². The molecule has 1 aliphatic carbocycles. The van der Waals surface area contributed by atoms with Gasteiger partial charge in [0, 0.05) is 12.3 Å². The van der Waals surface area contributed by atoms with Gasteiger partial charge in [0.2, 0.25) is 0 Å². The second-order valence-electron chi connectivity index (χ2n) is 4.97. The zero-order valence-electron chi connectivity index (χ0n) is 10.7. The van der Waals surface area contributed by atoms with Crippen molar-refractivity contribution in [3.8, 4) is 0 Å². The maximum absolute atomic E-state index is 11.5. The van der Waals surface area contributed by atoms with Crippen LogP contribution in [-0.2, 0) is 9.84 Å². The summed E-state index contributed by atoms with van der Waals surface area (Å²) in [6, 6.07) is 4.32. The smallest absolute Gasteiger partial charge is 0.258 e. The Labute approximate surface area is 112 Å². The standard InChI is InChI=1S/C13H16NO4S/c1-19(17,18)13-7-6-11(9-12(13)14(15)16)8-10-4-2-3-5-10/h6-10H,2-5H2,1H3. The molecule has 0 N–H and O–H groups in total. The Morgan fingerprint density at radius 3 is 2.47 bits per heavy atom. The molecular formula is C13H16NO4S. The summed E-state index contributed by atoms with van der Waals surface area (Å²) in [6.45, 7) is 0. The number of nitrogens with zero attached hydrogens (tertiary/aromatic N) is 1. The fraction of sp³-hybridized carbons (Fsp3) is 0.462. The topological polar surface area (TPSA) is 77.3 Å². The third kappa shape index (κ3) is 3.32. The summed E-state index contributed by atoms with van der Waals surface area (Å²) in [5.74, 6) is 0.448. The van der Waals surface area contributed by atoms with Crippen molar-refractivity contribution < 1.29 is 13.3 Å². The summed E-state index contributed by atoms with van der Waals surface area (Å²) >= 11 is 0. The quantitative estimate of drug-likeness (QED) is 0.628. The Balaban J connectivity index is 2.33. The van der Waals surface area contributed by atoms with Crippen molar-refractivity contribution >= 4 is 15.5 Å².